The standard InChI is InChI=1S/C23H21BrN4O3/c1-31-23(30)27-20(16-6-3-2-4-7-16)22(29)28-13-5-8-19(28)21-25-14-18(26-21)15-9-11-17(24)12-10-15/h2-12,14,19-20H,13H2,1H3,(H,25,26)(H,27,30)/t19-,20+/m0/s1. The maximum Gasteiger partial charge on any atom is 0.407 e. The van der Waals surface area contributed by atoms with Gasteiger partial charge >= 0.3 is 6.09 Å². The summed E-state index contributed by atoms with van der Waals surface area (Å²) in [4.78, 5) is 34.9. The first-order valence-electron chi connectivity index (χ1n) is 9.74. The molecule has 4 rings (SSSR count). The first-order chi connectivity index (χ1) is 15.1. The van der Waals surface area contributed by atoms with Crippen molar-refractivity contribution >= 4 is 27.9 Å². The van der Waals surface area contributed by atoms with E-state index in [2.05, 4.69) is 31.2 Å². The number of ether oxygens (including phenoxy) is 1. The second kappa shape index (κ2) is 9.18. The molecule has 0 bridgehead atoms. The van der Waals surface area contributed by atoms with Crippen LogP contribution in [0.5, 0.6) is 0 Å². The number of aromatic nitrogens is 2. The summed E-state index contributed by atoms with van der Waals surface area (Å²) in [5.41, 5.74) is 2.54. The van der Waals surface area contributed by atoms with Crippen LogP contribution in [0.25, 0.3) is 11.3 Å². The molecule has 2 aromatic carbocycles. The zero-order valence-electron chi connectivity index (χ0n) is 16.8. The van der Waals surface area contributed by atoms with E-state index in [-0.39, 0.29) is 11.9 Å². The van der Waals surface area contributed by atoms with Crippen molar-refractivity contribution in [2.75, 3.05) is 13.7 Å². The predicted octanol–water partition coefficient (Wildman–Crippen LogP) is 4.38. The molecule has 0 saturated carbocycles. The van der Waals surface area contributed by atoms with E-state index in [1.54, 1.807) is 23.2 Å². The van der Waals surface area contributed by atoms with Gasteiger partial charge in [0, 0.05) is 11.0 Å². The number of amides is 2. The van der Waals surface area contributed by atoms with Crippen LogP contribution in [0.1, 0.15) is 23.5 Å². The number of benzene rings is 2. The highest BCUT2D eigenvalue weighted by Crippen LogP contribution is 2.30. The Morgan fingerprint density at radius 3 is 2.65 bits per heavy atom. The quantitative estimate of drug-likeness (QED) is 0.530. The average Bonchev–Trinajstić information content (AvgIpc) is 3.47. The number of nitrogens with one attached hydrogen (secondary N) is 2. The number of alkyl carbamates (subject to hydrolysis) is 1. The van der Waals surface area contributed by atoms with Gasteiger partial charge in [-0.05, 0) is 23.3 Å². The molecule has 8 heteroatoms. The molecule has 0 fully saturated rings. The van der Waals surface area contributed by atoms with Crippen molar-refractivity contribution in [3.63, 3.8) is 0 Å². The van der Waals surface area contributed by atoms with Crippen molar-refractivity contribution in [1.82, 2.24) is 20.2 Å². The summed E-state index contributed by atoms with van der Waals surface area (Å²) in [6.07, 6.45) is 4.95. The molecule has 0 unspecified atom stereocenters. The van der Waals surface area contributed by atoms with Gasteiger partial charge < -0.3 is 19.9 Å². The molecule has 2 heterocycles. The van der Waals surface area contributed by atoms with Crippen LogP contribution >= 0.6 is 15.9 Å². The number of hydrogen-bond donors (Lipinski definition) is 2. The van der Waals surface area contributed by atoms with Gasteiger partial charge in [0.15, 0.2) is 0 Å². The maximum atomic E-state index is 13.5. The summed E-state index contributed by atoms with van der Waals surface area (Å²) in [7, 11) is 1.27. The summed E-state index contributed by atoms with van der Waals surface area (Å²) in [6, 6.07) is 15.8. The number of hydrogen-bond acceptors (Lipinski definition) is 4. The van der Waals surface area contributed by atoms with E-state index in [1.165, 1.54) is 7.11 Å². The molecule has 1 aliphatic heterocycles. The Bertz CT molecular complexity index is 1100. The van der Waals surface area contributed by atoms with Gasteiger partial charge in [-0.2, -0.15) is 0 Å². The van der Waals surface area contributed by atoms with Gasteiger partial charge in [0.05, 0.1) is 19.0 Å². The zero-order valence-corrected chi connectivity index (χ0v) is 18.4. The highest BCUT2D eigenvalue weighted by molar-refractivity contribution is 9.10. The molecule has 1 aromatic heterocycles. The van der Waals surface area contributed by atoms with E-state index in [0.29, 0.717) is 17.9 Å². The minimum Gasteiger partial charge on any atom is -0.453 e. The smallest absolute Gasteiger partial charge is 0.407 e. The number of H-pyrrole nitrogens is 1. The Balaban J connectivity index is 1.59. The van der Waals surface area contributed by atoms with Crippen LogP contribution in [0.2, 0.25) is 0 Å². The van der Waals surface area contributed by atoms with E-state index in [4.69, 9.17) is 4.74 Å². The first-order valence-corrected chi connectivity index (χ1v) is 10.5. The van der Waals surface area contributed by atoms with Gasteiger partial charge in [0.1, 0.15) is 17.9 Å². The number of rotatable bonds is 5. The third-order valence-electron chi connectivity index (χ3n) is 5.10. The summed E-state index contributed by atoms with van der Waals surface area (Å²) in [5.74, 6) is 0.415. The van der Waals surface area contributed by atoms with Crippen LogP contribution < -0.4 is 5.32 Å². The maximum absolute atomic E-state index is 13.5. The van der Waals surface area contributed by atoms with Gasteiger partial charge in [0.25, 0.3) is 5.91 Å². The van der Waals surface area contributed by atoms with Crippen LogP contribution in [-0.2, 0) is 9.53 Å². The lowest BCUT2D eigenvalue weighted by Gasteiger charge is -2.28. The lowest BCUT2D eigenvalue weighted by atomic mass is 10.1. The number of halogens is 1. The predicted molar refractivity (Wildman–Crippen MR) is 120 cm³/mol. The molecule has 0 spiro atoms. The van der Waals surface area contributed by atoms with Crippen molar-refractivity contribution in [1.29, 1.82) is 0 Å². The van der Waals surface area contributed by atoms with Crippen LogP contribution in [-0.4, -0.2) is 40.5 Å². The molecule has 31 heavy (non-hydrogen) atoms. The largest absolute Gasteiger partial charge is 0.453 e. The van der Waals surface area contributed by atoms with Crippen molar-refractivity contribution in [2.24, 2.45) is 0 Å². The van der Waals surface area contributed by atoms with Crippen LogP contribution in [0.3, 0.4) is 0 Å². The Morgan fingerprint density at radius 2 is 1.94 bits per heavy atom. The number of aromatic amines is 1. The SMILES string of the molecule is COC(=O)N[C@@H](C(=O)N1CC=C[C@H]1c1ncc(-c2ccc(Br)cc2)[nH]1)c1ccccc1. The minimum atomic E-state index is -0.864. The van der Waals surface area contributed by atoms with Crippen LogP contribution in [0.4, 0.5) is 4.79 Å². The monoisotopic (exact) mass is 480 g/mol. The van der Waals surface area contributed by atoms with E-state index < -0.39 is 12.1 Å². The molecule has 3 aromatic rings. The van der Waals surface area contributed by atoms with Crippen molar-refractivity contribution in [2.45, 2.75) is 12.1 Å². The summed E-state index contributed by atoms with van der Waals surface area (Å²) >= 11 is 3.44. The third kappa shape index (κ3) is 4.54. The molecule has 0 saturated heterocycles. The number of nitrogens with zero attached hydrogens (tertiary/aromatic N) is 2. The zero-order chi connectivity index (χ0) is 21.8. The average molecular weight is 481 g/mol. The fraction of sp³-hybridized carbons (Fsp3) is 0.174. The Labute approximate surface area is 188 Å². The van der Waals surface area contributed by atoms with E-state index in [0.717, 1.165) is 15.7 Å². The van der Waals surface area contributed by atoms with Crippen LogP contribution in [0.15, 0.2) is 77.4 Å². The topological polar surface area (TPSA) is 87.3 Å². The second-order valence-corrected chi connectivity index (χ2v) is 7.95. The molecule has 158 valence electrons. The molecular weight excluding hydrogens is 460 g/mol. The molecule has 1 aliphatic rings. The molecular formula is C23H21BrN4O3. The lowest BCUT2D eigenvalue weighted by Crippen LogP contribution is -2.43. The number of carbonyl (C=O) groups is 2. The van der Waals surface area contributed by atoms with Gasteiger partial charge in [-0.3, -0.25) is 4.79 Å². The number of imidazole rings is 1. The van der Waals surface area contributed by atoms with Gasteiger partial charge in [-0.1, -0.05) is 70.5 Å². The molecule has 2 atom stereocenters. The Hall–Kier alpha value is -3.39. The molecule has 0 aliphatic carbocycles. The third-order valence-corrected chi connectivity index (χ3v) is 5.63. The summed E-state index contributed by atoms with van der Waals surface area (Å²) in [5, 5.41) is 2.65. The fourth-order valence-electron chi connectivity index (χ4n) is 3.53. The van der Waals surface area contributed by atoms with Crippen molar-refractivity contribution in [3.05, 3.63) is 88.8 Å². The lowest BCUT2D eigenvalue weighted by molar-refractivity contribution is -0.134. The number of methoxy groups -OCH3 is 1. The molecule has 0 radical (unpaired) electrons. The van der Waals surface area contributed by atoms with Crippen molar-refractivity contribution in [3.8, 4) is 11.3 Å². The minimum absolute atomic E-state index is 0.242. The van der Waals surface area contributed by atoms with Crippen molar-refractivity contribution < 1.29 is 14.3 Å². The Kier molecular flexibility index (Phi) is 6.18. The number of carbonyl (C=O) groups excluding carboxylic acids is 2. The Morgan fingerprint density at radius 1 is 1.19 bits per heavy atom. The summed E-state index contributed by atoms with van der Waals surface area (Å²) in [6.45, 7) is 0.421. The summed E-state index contributed by atoms with van der Waals surface area (Å²) < 4.78 is 5.73. The first kappa shape index (κ1) is 20.9. The van der Waals surface area contributed by atoms with E-state index in [1.807, 2.05) is 54.6 Å². The molecule has 2 N–H and O–H groups in total. The van der Waals surface area contributed by atoms with E-state index in [9.17, 15) is 9.59 Å². The van der Waals surface area contributed by atoms with Gasteiger partial charge in [0.2, 0.25) is 0 Å². The fourth-order valence-corrected chi connectivity index (χ4v) is 3.79. The van der Waals surface area contributed by atoms with Crippen LogP contribution in [0, 0.1) is 0 Å². The highest BCUT2D eigenvalue weighted by Gasteiger charge is 2.34. The van der Waals surface area contributed by atoms with E-state index >= 15 is 0 Å². The van der Waals surface area contributed by atoms with Gasteiger partial charge in [-0.25, -0.2) is 9.78 Å². The highest BCUT2D eigenvalue weighted by atomic mass is 79.9. The molecule has 7 nitrogen and oxygen atoms in total. The second-order valence-electron chi connectivity index (χ2n) is 7.03. The normalized spacial score (nSPS) is 16.2. The molecule has 2 amide bonds. The van der Waals surface area contributed by atoms with Gasteiger partial charge in [-0.15, -0.1) is 0 Å².